The number of methoxy groups -OCH3 is 1. The lowest BCUT2D eigenvalue weighted by molar-refractivity contribution is 0.240. The van der Waals surface area contributed by atoms with Crippen molar-refractivity contribution in [3.63, 3.8) is 0 Å². The van der Waals surface area contributed by atoms with E-state index in [0.717, 1.165) is 35.4 Å². The molecule has 23 heavy (non-hydrogen) atoms. The Morgan fingerprint density at radius 3 is 2.83 bits per heavy atom. The lowest BCUT2D eigenvalue weighted by Crippen LogP contribution is -2.44. The van der Waals surface area contributed by atoms with Gasteiger partial charge in [-0.3, -0.25) is 0 Å². The normalized spacial score (nSPS) is 19.3. The van der Waals surface area contributed by atoms with E-state index in [0.29, 0.717) is 0 Å². The van der Waals surface area contributed by atoms with Crippen molar-refractivity contribution in [2.45, 2.75) is 18.9 Å². The van der Waals surface area contributed by atoms with E-state index in [-0.39, 0.29) is 12.1 Å². The fraction of sp³-hybridized carbons (Fsp3) is 0.211. The number of hydrogen-bond donors (Lipinski definition) is 2. The SMILES string of the molecule is COc1cccc([C@@H]2NC(=O)NC3=C2CCc2ccccc23)c1. The Balaban J connectivity index is 1.83. The van der Waals surface area contributed by atoms with Gasteiger partial charge in [-0.05, 0) is 41.7 Å². The van der Waals surface area contributed by atoms with Crippen molar-refractivity contribution in [1.29, 1.82) is 0 Å². The summed E-state index contributed by atoms with van der Waals surface area (Å²) in [5.74, 6) is 0.800. The van der Waals surface area contributed by atoms with E-state index in [4.69, 9.17) is 4.74 Å². The Hall–Kier alpha value is -2.75. The molecule has 0 unspecified atom stereocenters. The fourth-order valence-electron chi connectivity index (χ4n) is 3.46. The molecule has 1 aliphatic carbocycles. The molecule has 0 radical (unpaired) electrons. The molecule has 2 aromatic rings. The average Bonchev–Trinajstić information content (AvgIpc) is 2.61. The first-order chi connectivity index (χ1) is 11.3. The largest absolute Gasteiger partial charge is 0.497 e. The van der Waals surface area contributed by atoms with Gasteiger partial charge in [-0.2, -0.15) is 0 Å². The number of benzene rings is 2. The molecule has 0 spiro atoms. The maximum absolute atomic E-state index is 12.2. The van der Waals surface area contributed by atoms with Gasteiger partial charge in [0.05, 0.1) is 18.8 Å². The first kappa shape index (κ1) is 13.9. The molecule has 2 aromatic carbocycles. The highest BCUT2D eigenvalue weighted by molar-refractivity contribution is 5.91. The smallest absolute Gasteiger partial charge is 0.319 e. The van der Waals surface area contributed by atoms with Crippen molar-refractivity contribution >= 4 is 11.7 Å². The Morgan fingerprint density at radius 1 is 1.09 bits per heavy atom. The highest BCUT2D eigenvalue weighted by Crippen LogP contribution is 2.39. The number of amides is 2. The maximum Gasteiger partial charge on any atom is 0.319 e. The molecule has 2 aliphatic rings. The van der Waals surface area contributed by atoms with Gasteiger partial charge in [0.15, 0.2) is 0 Å². The van der Waals surface area contributed by atoms with Crippen molar-refractivity contribution in [2.75, 3.05) is 7.11 Å². The summed E-state index contributed by atoms with van der Waals surface area (Å²) in [5.41, 5.74) is 5.67. The second-order valence-corrected chi connectivity index (χ2v) is 5.87. The summed E-state index contributed by atoms with van der Waals surface area (Å²) in [4.78, 5) is 12.2. The summed E-state index contributed by atoms with van der Waals surface area (Å²) in [7, 11) is 1.65. The summed E-state index contributed by atoms with van der Waals surface area (Å²) in [6.07, 6.45) is 1.93. The highest BCUT2D eigenvalue weighted by atomic mass is 16.5. The second-order valence-electron chi connectivity index (χ2n) is 5.87. The molecule has 1 heterocycles. The number of aryl methyl sites for hydroxylation is 1. The lowest BCUT2D eigenvalue weighted by Gasteiger charge is -2.34. The van der Waals surface area contributed by atoms with Crippen LogP contribution in [0.2, 0.25) is 0 Å². The van der Waals surface area contributed by atoms with Gasteiger partial charge in [0, 0.05) is 5.56 Å². The van der Waals surface area contributed by atoms with Crippen LogP contribution >= 0.6 is 0 Å². The van der Waals surface area contributed by atoms with Crippen LogP contribution in [0, 0.1) is 0 Å². The molecule has 1 atom stereocenters. The summed E-state index contributed by atoms with van der Waals surface area (Å²) in [6, 6.07) is 15.9. The number of hydrogen-bond acceptors (Lipinski definition) is 2. The van der Waals surface area contributed by atoms with Crippen LogP contribution < -0.4 is 15.4 Å². The van der Waals surface area contributed by atoms with Crippen LogP contribution in [-0.2, 0) is 6.42 Å². The fourth-order valence-corrected chi connectivity index (χ4v) is 3.46. The number of nitrogens with one attached hydrogen (secondary N) is 2. The molecule has 4 nitrogen and oxygen atoms in total. The summed E-state index contributed by atoms with van der Waals surface area (Å²) < 4.78 is 5.32. The van der Waals surface area contributed by atoms with E-state index < -0.39 is 0 Å². The van der Waals surface area contributed by atoms with Crippen LogP contribution in [0.3, 0.4) is 0 Å². The van der Waals surface area contributed by atoms with E-state index >= 15 is 0 Å². The quantitative estimate of drug-likeness (QED) is 0.893. The van der Waals surface area contributed by atoms with Crippen LogP contribution in [0.25, 0.3) is 5.70 Å². The Bertz CT molecular complexity index is 811. The van der Waals surface area contributed by atoms with Crippen LogP contribution in [-0.4, -0.2) is 13.1 Å². The van der Waals surface area contributed by atoms with Crippen molar-refractivity contribution in [3.05, 3.63) is 70.8 Å². The first-order valence-corrected chi connectivity index (χ1v) is 7.79. The van der Waals surface area contributed by atoms with Crippen molar-refractivity contribution in [3.8, 4) is 5.75 Å². The topological polar surface area (TPSA) is 50.4 Å². The lowest BCUT2D eigenvalue weighted by atomic mass is 9.83. The first-order valence-electron chi connectivity index (χ1n) is 7.79. The minimum absolute atomic E-state index is 0.109. The number of carbonyl (C=O) groups is 1. The molecule has 0 saturated heterocycles. The molecular weight excluding hydrogens is 288 g/mol. The van der Waals surface area contributed by atoms with E-state index in [1.807, 2.05) is 36.4 Å². The van der Waals surface area contributed by atoms with E-state index in [1.165, 1.54) is 11.1 Å². The van der Waals surface area contributed by atoms with Gasteiger partial charge in [-0.1, -0.05) is 36.4 Å². The van der Waals surface area contributed by atoms with Gasteiger partial charge in [0.25, 0.3) is 0 Å². The van der Waals surface area contributed by atoms with Gasteiger partial charge in [-0.25, -0.2) is 4.79 Å². The van der Waals surface area contributed by atoms with Gasteiger partial charge in [0.1, 0.15) is 5.75 Å². The minimum Gasteiger partial charge on any atom is -0.497 e. The minimum atomic E-state index is -0.159. The van der Waals surface area contributed by atoms with Gasteiger partial charge in [-0.15, -0.1) is 0 Å². The molecule has 4 rings (SSSR count). The molecule has 0 fully saturated rings. The highest BCUT2D eigenvalue weighted by Gasteiger charge is 2.31. The monoisotopic (exact) mass is 306 g/mol. The van der Waals surface area contributed by atoms with E-state index in [2.05, 4.69) is 22.8 Å². The third-order valence-electron chi connectivity index (χ3n) is 4.56. The molecule has 0 bridgehead atoms. The van der Waals surface area contributed by atoms with Crippen molar-refractivity contribution < 1.29 is 9.53 Å². The third-order valence-corrected chi connectivity index (χ3v) is 4.56. The molecule has 116 valence electrons. The summed E-state index contributed by atoms with van der Waals surface area (Å²) >= 11 is 0. The van der Waals surface area contributed by atoms with Crippen LogP contribution in [0.4, 0.5) is 4.79 Å². The number of carbonyl (C=O) groups excluding carboxylic acids is 1. The molecule has 0 saturated carbocycles. The number of urea groups is 1. The summed E-state index contributed by atoms with van der Waals surface area (Å²) in [5, 5.41) is 6.05. The maximum atomic E-state index is 12.2. The predicted octanol–water partition coefficient (Wildman–Crippen LogP) is 3.41. The Labute approximate surface area is 135 Å². The summed E-state index contributed by atoms with van der Waals surface area (Å²) in [6.45, 7) is 0. The molecular formula is C19H18N2O2. The van der Waals surface area contributed by atoms with E-state index in [9.17, 15) is 4.79 Å². The second kappa shape index (κ2) is 5.47. The molecule has 2 amide bonds. The predicted molar refractivity (Wildman–Crippen MR) is 89.1 cm³/mol. The van der Waals surface area contributed by atoms with E-state index in [1.54, 1.807) is 7.11 Å². The number of rotatable bonds is 2. The molecule has 2 N–H and O–H groups in total. The van der Waals surface area contributed by atoms with Crippen LogP contribution in [0.15, 0.2) is 54.1 Å². The van der Waals surface area contributed by atoms with Crippen LogP contribution in [0.5, 0.6) is 5.75 Å². The molecule has 1 aliphatic heterocycles. The Kier molecular flexibility index (Phi) is 3.30. The standard InChI is InChI=1S/C19H18N2O2/c1-23-14-7-4-6-13(11-14)17-16-10-9-12-5-2-3-8-15(12)18(16)21-19(22)20-17/h2-8,11,17H,9-10H2,1H3,(H2,20,21,22)/t17-/m0/s1. The zero-order valence-electron chi connectivity index (χ0n) is 12.9. The number of ether oxygens (including phenoxy) is 1. The zero-order valence-corrected chi connectivity index (χ0v) is 12.9. The van der Waals surface area contributed by atoms with Gasteiger partial charge < -0.3 is 15.4 Å². The Morgan fingerprint density at radius 2 is 1.96 bits per heavy atom. The third kappa shape index (κ3) is 2.36. The molecule has 4 heteroatoms. The van der Waals surface area contributed by atoms with Crippen LogP contribution in [0.1, 0.15) is 29.2 Å². The molecule has 0 aromatic heterocycles. The van der Waals surface area contributed by atoms with Crippen molar-refractivity contribution in [1.82, 2.24) is 10.6 Å². The van der Waals surface area contributed by atoms with Gasteiger partial charge in [0.2, 0.25) is 0 Å². The number of fused-ring (bicyclic) bond motifs is 2. The average molecular weight is 306 g/mol. The van der Waals surface area contributed by atoms with Crippen molar-refractivity contribution in [2.24, 2.45) is 0 Å². The zero-order chi connectivity index (χ0) is 15.8. The van der Waals surface area contributed by atoms with Gasteiger partial charge >= 0.3 is 6.03 Å².